The Kier molecular flexibility index (Phi) is 26.2. The average Bonchev–Trinajstić information content (AvgIpc) is 2.51. The molecule has 9 N–H and O–H groups in total. The number of carbonyl (C=O) groups excluding carboxylic acids is 2. The van der Waals surface area contributed by atoms with Gasteiger partial charge in [0, 0.05) is 43.4 Å². The number of carbonyl (C=O) groups is 2. The Morgan fingerprint density at radius 3 is 1.79 bits per heavy atom. The number of hydrogen-bond donors (Lipinski definition) is 1. The van der Waals surface area contributed by atoms with E-state index in [1.54, 1.807) is 0 Å². The summed E-state index contributed by atoms with van der Waals surface area (Å²) >= 11 is 0. The minimum Gasteiger partial charge on any atom is -0.679 e. The van der Waals surface area contributed by atoms with Crippen molar-refractivity contribution in [3.8, 4) is 0 Å². The van der Waals surface area contributed by atoms with Crippen molar-refractivity contribution in [1.29, 1.82) is 4.78 Å². The minimum atomic E-state index is -2.63. The summed E-state index contributed by atoms with van der Waals surface area (Å²) in [5, 5.41) is 12.6. The van der Waals surface area contributed by atoms with Crippen LogP contribution in [0.25, 0.3) is 22.9 Å². The molecule has 0 aromatic heterocycles. The van der Waals surface area contributed by atoms with Gasteiger partial charge in [-0.2, -0.15) is 13.1 Å². The van der Waals surface area contributed by atoms with Gasteiger partial charge in [-0.15, -0.1) is 0 Å². The third-order valence-electron chi connectivity index (χ3n) is 2.17. The number of rotatable bonds is 9. The molecule has 2 atom stereocenters. The van der Waals surface area contributed by atoms with E-state index in [4.69, 9.17) is 37.9 Å². The molecule has 12 heteroatoms. The first-order valence-electron chi connectivity index (χ1n) is 6.96. The van der Waals surface area contributed by atoms with E-state index in [1.165, 1.54) is 0 Å². The van der Waals surface area contributed by atoms with Crippen molar-refractivity contribution in [1.82, 2.24) is 0 Å². The monoisotopic (exact) mass is 414 g/mol. The Morgan fingerprint density at radius 2 is 1.54 bits per heavy atom. The molecule has 2 unspecified atom stereocenters. The first kappa shape index (κ1) is 31.0. The van der Waals surface area contributed by atoms with E-state index in [2.05, 4.69) is 0 Å². The zero-order valence-electron chi connectivity index (χ0n) is 13.7. The van der Waals surface area contributed by atoms with E-state index < -0.39 is 34.3 Å². The van der Waals surface area contributed by atoms with Crippen LogP contribution in [0.2, 0.25) is 0 Å². The molecule has 0 spiro atoms. The fourth-order valence-electron chi connectivity index (χ4n) is 0.919. The predicted octanol–water partition coefficient (Wildman–Crippen LogP) is 1.27. The molecule has 0 rings (SSSR count). The van der Waals surface area contributed by atoms with Crippen LogP contribution >= 0.6 is 0 Å². The second kappa shape index (κ2) is 20.3. The second-order valence-electron chi connectivity index (χ2n) is 4.38. The molecule has 10 nitrogen and oxygen atoms in total. The Hall–Kier alpha value is -0.764. The van der Waals surface area contributed by atoms with E-state index in [0.717, 1.165) is 12.8 Å². The van der Waals surface area contributed by atoms with Gasteiger partial charge in [-0.3, -0.25) is 4.78 Å². The summed E-state index contributed by atoms with van der Waals surface area (Å²) in [4.78, 5) is 19.7. The number of unbranched alkanes of at least 4 members (excludes halogenated alkanes) is 1. The Balaban J connectivity index is -0.000000166. The van der Waals surface area contributed by atoms with Crippen molar-refractivity contribution in [2.75, 3.05) is 31.1 Å². The van der Waals surface area contributed by atoms with Gasteiger partial charge in [0.2, 0.25) is 0 Å². The van der Waals surface area contributed by atoms with Crippen molar-refractivity contribution in [3.63, 3.8) is 0 Å². The van der Waals surface area contributed by atoms with E-state index in [-0.39, 0.29) is 42.0 Å². The fourth-order valence-corrected chi connectivity index (χ4v) is 2.49. The van der Waals surface area contributed by atoms with Crippen LogP contribution in [0.3, 0.4) is 0 Å². The van der Waals surface area contributed by atoms with Gasteiger partial charge in [0.15, 0.2) is 0 Å². The smallest absolute Gasteiger partial charge is 0.679 e. The van der Waals surface area contributed by atoms with Gasteiger partial charge in [0.1, 0.15) is 0 Å². The molecule has 146 valence electrons. The molecule has 24 heavy (non-hydrogen) atoms. The molecule has 0 aliphatic rings. The summed E-state index contributed by atoms with van der Waals surface area (Å²) in [5.74, 6) is -1.39. The molecule has 0 heterocycles. The van der Waals surface area contributed by atoms with E-state index in [9.17, 15) is 13.8 Å². The molecule has 0 radical (unpaired) electrons. The summed E-state index contributed by atoms with van der Waals surface area (Å²) in [6, 6.07) is -1.14. The number of nitrogens with one attached hydrogen (secondary N) is 5. The van der Waals surface area contributed by atoms with Crippen molar-refractivity contribution >= 4 is 21.7 Å². The molecule has 0 aromatic carbocycles. The van der Waals surface area contributed by atoms with Gasteiger partial charge < -0.3 is 33.1 Å². The Bertz CT molecular complexity index is 407. The minimum absolute atomic E-state index is 0. The molecule has 0 saturated heterocycles. The van der Waals surface area contributed by atoms with Crippen LogP contribution in [-0.2, 0) is 36.1 Å². The Morgan fingerprint density at radius 1 is 1.12 bits per heavy atom. The van der Waals surface area contributed by atoms with Crippen LogP contribution in [0.4, 0.5) is 0 Å². The van der Waals surface area contributed by atoms with Crippen LogP contribution in [0.5, 0.6) is 0 Å². The summed E-state index contributed by atoms with van der Waals surface area (Å²) < 4.78 is 18.9. The molecule has 0 bridgehead atoms. The van der Waals surface area contributed by atoms with Crippen LogP contribution in [0, 0.1) is 4.78 Å². The standard InChI is InChI=1S/C8H17N2O3S.C2H6N2.C2H4NO2.Co/c1-2-3-5-14(10,13)6-4-7(9)8(11)12;3-1-2-4;3-1-2(4)5;/h7,9-10H,2-6H2,1H3,(H,11,12);3-4H,1-2H2;3H,1H2,(H,4,5);/q-1;-2;-1;+3/p+2. The predicted molar refractivity (Wildman–Crippen MR) is 93.0 cm³/mol. The van der Waals surface area contributed by atoms with Crippen LogP contribution in [0.15, 0.2) is 0 Å². The largest absolute Gasteiger partial charge is 3.00 e. The molecule has 0 amide bonds. The van der Waals surface area contributed by atoms with Crippen molar-refractivity contribution in [3.05, 3.63) is 22.9 Å². The maximum Gasteiger partial charge on any atom is 3.00 e. The van der Waals surface area contributed by atoms with Crippen LogP contribution in [0.1, 0.15) is 26.2 Å². The first-order valence-corrected chi connectivity index (χ1v) is 8.86. The van der Waals surface area contributed by atoms with Gasteiger partial charge in [0.25, 0.3) is 0 Å². The molecule has 0 aliphatic heterocycles. The van der Waals surface area contributed by atoms with Crippen molar-refractivity contribution in [2.45, 2.75) is 32.2 Å². The van der Waals surface area contributed by atoms with Gasteiger partial charge in [-0.1, -0.05) is 13.3 Å². The van der Waals surface area contributed by atoms with E-state index >= 15 is 0 Å². The van der Waals surface area contributed by atoms with E-state index in [0.29, 0.717) is 5.75 Å². The first-order chi connectivity index (χ1) is 10.6. The summed E-state index contributed by atoms with van der Waals surface area (Å²) in [6.07, 6.45) is 1.69. The maximum atomic E-state index is 11.5. The topological polar surface area (TPSA) is 216 Å². The molecular formula is C12H29CoN5O5S+. The molecular weight excluding hydrogens is 385 g/mol. The summed E-state index contributed by atoms with van der Waals surface area (Å²) in [6.45, 7) is 2.01. The fraction of sp³-hybridized carbons (Fsp3) is 0.833. The maximum absolute atomic E-state index is 11.5. The Labute approximate surface area is 153 Å². The number of hydrogen-bond acceptors (Lipinski definition) is 4. The second-order valence-corrected chi connectivity index (χ2v) is 6.82. The van der Waals surface area contributed by atoms with Crippen LogP contribution in [-0.4, -0.2) is 63.5 Å². The van der Waals surface area contributed by atoms with E-state index in [1.807, 2.05) is 6.92 Å². The average molecular weight is 414 g/mol. The summed E-state index contributed by atoms with van der Waals surface area (Å²) in [7, 11) is -2.63. The molecule has 0 aliphatic carbocycles. The molecule has 0 fully saturated rings. The van der Waals surface area contributed by atoms with Crippen LogP contribution < -0.4 is 0 Å². The summed E-state index contributed by atoms with van der Waals surface area (Å²) in [5.41, 5.74) is 25.8. The molecule has 0 saturated carbocycles. The zero-order chi connectivity index (χ0) is 18.9. The van der Waals surface area contributed by atoms with Gasteiger partial charge >= 0.3 is 28.7 Å². The third kappa shape index (κ3) is 29.3. The van der Waals surface area contributed by atoms with Crippen molar-refractivity contribution < 1.29 is 40.8 Å². The molecule has 0 aromatic rings. The quantitative estimate of drug-likeness (QED) is 0.552. The van der Waals surface area contributed by atoms with Gasteiger partial charge in [-0.25, -0.2) is 4.21 Å². The third-order valence-corrected chi connectivity index (χ3v) is 4.01. The van der Waals surface area contributed by atoms with Crippen molar-refractivity contribution in [2.24, 2.45) is 0 Å². The van der Waals surface area contributed by atoms with Gasteiger partial charge in [-0.05, 0) is 12.8 Å². The normalized spacial score (nSPS) is 12.9. The zero-order valence-corrected chi connectivity index (χ0v) is 15.6. The van der Waals surface area contributed by atoms with Gasteiger partial charge in [0.05, 0.1) is 0 Å². The SMILES string of the molecule is CCCCS(=N)(=O)CCC([NH-])C(=O)[OH2+].[Co+3].[NH-]CC(=O)[OH2+].[NH-]CC[NH-].